The van der Waals surface area contributed by atoms with E-state index < -0.39 is 0 Å². The first-order valence-electron chi connectivity index (χ1n) is 7.21. The monoisotopic (exact) mass is 313 g/mol. The van der Waals surface area contributed by atoms with E-state index in [0.29, 0.717) is 18.0 Å². The van der Waals surface area contributed by atoms with Gasteiger partial charge < -0.3 is 9.88 Å². The number of thiazole rings is 1. The number of aryl methyl sites for hydroxylation is 1. The number of hydrogen-bond donors (Lipinski definition) is 1. The van der Waals surface area contributed by atoms with Crippen molar-refractivity contribution < 1.29 is 4.79 Å². The van der Waals surface area contributed by atoms with Crippen LogP contribution >= 0.6 is 11.3 Å². The minimum absolute atomic E-state index is 0.0331. The summed E-state index contributed by atoms with van der Waals surface area (Å²) in [5.74, 6) is 2.31. The van der Waals surface area contributed by atoms with Crippen LogP contribution in [0.3, 0.4) is 0 Å². The maximum Gasteiger partial charge on any atom is 0.252 e. The van der Waals surface area contributed by atoms with Gasteiger partial charge in [0.15, 0.2) is 0 Å². The number of fused-ring (bicyclic) bond motifs is 2. The van der Waals surface area contributed by atoms with E-state index in [9.17, 15) is 4.79 Å². The molecule has 1 amide bonds. The van der Waals surface area contributed by atoms with E-state index in [0.717, 1.165) is 34.8 Å². The Kier molecular flexibility index (Phi) is 3.15. The average molecular weight is 313 g/mol. The largest absolute Gasteiger partial charge is 0.352 e. The highest BCUT2D eigenvalue weighted by Gasteiger charge is 2.25. The van der Waals surface area contributed by atoms with E-state index in [4.69, 9.17) is 0 Å². The Labute approximate surface area is 131 Å². The van der Waals surface area contributed by atoms with Crippen molar-refractivity contribution in [2.24, 2.45) is 5.92 Å². The first-order valence-corrected chi connectivity index (χ1v) is 8.09. The predicted molar refractivity (Wildman–Crippen MR) is 83.9 cm³/mol. The Bertz CT molecular complexity index is 853. The standard InChI is InChI=1S/C15H15N5OS/c1-9-18-19-13-5-10(7-20(9)13)6-16-15(21)11-3-2-4-12-14(11)22-8-17-12/h2-4,8,10H,5-7H2,1H3,(H,16,21). The van der Waals surface area contributed by atoms with Crippen LogP contribution in [-0.2, 0) is 13.0 Å². The SMILES string of the molecule is Cc1nnc2n1CC(CNC(=O)c1cccc3ncsc13)C2. The number of carbonyl (C=O) groups excluding carboxylic acids is 1. The van der Waals surface area contributed by atoms with Crippen LogP contribution in [0.2, 0.25) is 0 Å². The molecule has 1 aliphatic heterocycles. The normalized spacial score (nSPS) is 16.9. The summed E-state index contributed by atoms with van der Waals surface area (Å²) < 4.78 is 3.07. The molecule has 1 aromatic carbocycles. The molecule has 1 unspecified atom stereocenters. The highest BCUT2D eigenvalue weighted by Crippen LogP contribution is 2.23. The van der Waals surface area contributed by atoms with Gasteiger partial charge in [0.1, 0.15) is 11.6 Å². The van der Waals surface area contributed by atoms with Crippen LogP contribution in [0, 0.1) is 12.8 Å². The molecule has 1 N–H and O–H groups in total. The van der Waals surface area contributed by atoms with Gasteiger partial charge >= 0.3 is 0 Å². The van der Waals surface area contributed by atoms with Crippen LogP contribution in [0.15, 0.2) is 23.7 Å². The van der Waals surface area contributed by atoms with E-state index >= 15 is 0 Å². The van der Waals surface area contributed by atoms with E-state index in [1.807, 2.05) is 25.1 Å². The van der Waals surface area contributed by atoms with Crippen LogP contribution in [0.25, 0.3) is 10.2 Å². The van der Waals surface area contributed by atoms with Crippen molar-refractivity contribution in [3.05, 3.63) is 40.9 Å². The van der Waals surface area contributed by atoms with Gasteiger partial charge in [-0.1, -0.05) is 6.07 Å². The van der Waals surface area contributed by atoms with E-state index in [1.165, 1.54) is 11.3 Å². The minimum Gasteiger partial charge on any atom is -0.352 e. The summed E-state index contributed by atoms with van der Waals surface area (Å²) in [6, 6.07) is 5.65. The third-order valence-corrected chi connectivity index (χ3v) is 4.95. The summed E-state index contributed by atoms with van der Waals surface area (Å²) in [6.07, 6.45) is 0.867. The molecule has 0 saturated carbocycles. The molecule has 0 fully saturated rings. The van der Waals surface area contributed by atoms with Crippen LogP contribution in [0.5, 0.6) is 0 Å². The highest BCUT2D eigenvalue weighted by atomic mass is 32.1. The summed E-state index contributed by atoms with van der Waals surface area (Å²) in [6.45, 7) is 3.48. The molecule has 1 aliphatic rings. The molecule has 0 bridgehead atoms. The lowest BCUT2D eigenvalue weighted by molar-refractivity contribution is 0.0948. The zero-order valence-corrected chi connectivity index (χ0v) is 12.9. The van der Waals surface area contributed by atoms with Gasteiger partial charge in [0.25, 0.3) is 5.91 Å². The van der Waals surface area contributed by atoms with Crippen molar-refractivity contribution in [3.63, 3.8) is 0 Å². The van der Waals surface area contributed by atoms with Gasteiger partial charge in [0, 0.05) is 25.4 Å². The zero-order valence-electron chi connectivity index (χ0n) is 12.1. The summed E-state index contributed by atoms with van der Waals surface area (Å²) >= 11 is 1.50. The topological polar surface area (TPSA) is 72.7 Å². The molecule has 6 nitrogen and oxygen atoms in total. The maximum absolute atomic E-state index is 12.4. The minimum atomic E-state index is -0.0331. The van der Waals surface area contributed by atoms with Crippen LogP contribution in [0.1, 0.15) is 22.0 Å². The number of carbonyl (C=O) groups is 1. The Morgan fingerprint density at radius 3 is 3.23 bits per heavy atom. The first-order chi connectivity index (χ1) is 10.7. The summed E-state index contributed by atoms with van der Waals surface area (Å²) in [7, 11) is 0. The fraction of sp³-hybridized carbons (Fsp3) is 0.333. The average Bonchev–Trinajstić information content (AvgIpc) is 3.21. The molecule has 1 atom stereocenters. The number of hydrogen-bond acceptors (Lipinski definition) is 5. The van der Waals surface area contributed by atoms with Crippen LogP contribution in [0.4, 0.5) is 0 Å². The Morgan fingerprint density at radius 2 is 2.36 bits per heavy atom. The Hall–Kier alpha value is -2.28. The Balaban J connectivity index is 1.44. The molecule has 4 rings (SSSR count). The molecule has 0 radical (unpaired) electrons. The quantitative estimate of drug-likeness (QED) is 0.800. The van der Waals surface area contributed by atoms with Crippen molar-refractivity contribution in [2.45, 2.75) is 19.9 Å². The maximum atomic E-state index is 12.4. The lowest BCUT2D eigenvalue weighted by Crippen LogP contribution is -2.30. The van der Waals surface area contributed by atoms with Crippen molar-refractivity contribution in [2.75, 3.05) is 6.54 Å². The van der Waals surface area contributed by atoms with Gasteiger partial charge in [-0.2, -0.15) is 0 Å². The van der Waals surface area contributed by atoms with Gasteiger partial charge in [-0.25, -0.2) is 4.98 Å². The molecule has 3 aromatic rings. The molecule has 3 heterocycles. The number of nitrogens with zero attached hydrogens (tertiary/aromatic N) is 4. The fourth-order valence-electron chi connectivity index (χ4n) is 2.93. The molecule has 0 spiro atoms. The molecule has 112 valence electrons. The second kappa shape index (κ2) is 5.17. The predicted octanol–water partition coefficient (Wildman–Crippen LogP) is 1.80. The smallest absolute Gasteiger partial charge is 0.252 e. The molecular formula is C15H15N5OS. The number of amides is 1. The molecule has 7 heteroatoms. The lowest BCUT2D eigenvalue weighted by Gasteiger charge is -2.11. The zero-order chi connectivity index (χ0) is 15.1. The number of aromatic nitrogens is 4. The molecule has 0 saturated heterocycles. The van der Waals surface area contributed by atoms with Crippen molar-refractivity contribution in [1.29, 1.82) is 0 Å². The van der Waals surface area contributed by atoms with Gasteiger partial charge in [-0.05, 0) is 19.1 Å². The third kappa shape index (κ3) is 2.18. The summed E-state index contributed by atoms with van der Waals surface area (Å²) in [4.78, 5) is 16.7. The van der Waals surface area contributed by atoms with Gasteiger partial charge in [0.05, 0.1) is 21.3 Å². The van der Waals surface area contributed by atoms with Crippen molar-refractivity contribution in [3.8, 4) is 0 Å². The molecule has 0 aliphatic carbocycles. The summed E-state index contributed by atoms with van der Waals surface area (Å²) in [5, 5.41) is 11.3. The number of benzene rings is 1. The van der Waals surface area contributed by atoms with Gasteiger partial charge in [-0.3, -0.25) is 4.79 Å². The molecular weight excluding hydrogens is 298 g/mol. The number of nitrogens with one attached hydrogen (secondary N) is 1. The van der Waals surface area contributed by atoms with E-state index in [2.05, 4.69) is 25.1 Å². The number of rotatable bonds is 3. The van der Waals surface area contributed by atoms with Gasteiger partial charge in [-0.15, -0.1) is 21.5 Å². The molecule has 2 aromatic heterocycles. The fourth-order valence-corrected chi connectivity index (χ4v) is 3.73. The second-order valence-corrected chi connectivity index (χ2v) is 6.42. The van der Waals surface area contributed by atoms with Crippen molar-refractivity contribution in [1.82, 2.24) is 25.1 Å². The lowest BCUT2D eigenvalue weighted by atomic mass is 10.1. The van der Waals surface area contributed by atoms with E-state index in [-0.39, 0.29) is 5.91 Å². The van der Waals surface area contributed by atoms with Crippen LogP contribution < -0.4 is 5.32 Å². The molecule has 22 heavy (non-hydrogen) atoms. The second-order valence-electron chi connectivity index (χ2n) is 5.56. The van der Waals surface area contributed by atoms with Crippen LogP contribution in [-0.4, -0.2) is 32.2 Å². The highest BCUT2D eigenvalue weighted by molar-refractivity contribution is 7.17. The third-order valence-electron chi connectivity index (χ3n) is 4.08. The van der Waals surface area contributed by atoms with Crippen molar-refractivity contribution >= 4 is 27.5 Å². The Morgan fingerprint density at radius 1 is 1.45 bits per heavy atom. The van der Waals surface area contributed by atoms with Gasteiger partial charge in [0.2, 0.25) is 0 Å². The first kappa shape index (κ1) is 13.4. The summed E-state index contributed by atoms with van der Waals surface area (Å²) in [5.41, 5.74) is 3.35. The van der Waals surface area contributed by atoms with E-state index in [1.54, 1.807) is 5.51 Å².